The molecule has 0 aliphatic rings. The van der Waals surface area contributed by atoms with Crippen molar-refractivity contribution >= 4 is 10.0 Å². The van der Waals surface area contributed by atoms with E-state index in [1.165, 1.54) is 42.5 Å². The number of nitrogens with two attached hydrogens (primary N) is 1. The van der Waals surface area contributed by atoms with Crippen molar-refractivity contribution in [3.8, 4) is 11.5 Å². The fourth-order valence-corrected chi connectivity index (χ4v) is 1.90. The number of ether oxygens (including phenoxy) is 1. The number of rotatable bonds is 3. The summed E-state index contributed by atoms with van der Waals surface area (Å²) in [4.78, 5) is -0.0397. The summed E-state index contributed by atoms with van der Waals surface area (Å²) in [6.45, 7) is 0. The van der Waals surface area contributed by atoms with Gasteiger partial charge in [-0.3, -0.25) is 0 Å². The van der Waals surface area contributed by atoms with E-state index in [0.717, 1.165) is 0 Å². The van der Waals surface area contributed by atoms with Crippen molar-refractivity contribution in [2.24, 2.45) is 5.14 Å². The van der Waals surface area contributed by atoms with Gasteiger partial charge in [-0.05, 0) is 36.4 Å². The second-order valence-corrected chi connectivity index (χ2v) is 5.14. The average Bonchev–Trinajstić information content (AvgIpc) is 2.31. The van der Waals surface area contributed by atoms with Gasteiger partial charge in [0.2, 0.25) is 10.0 Å². The Morgan fingerprint density at radius 3 is 2.28 bits per heavy atom. The normalized spacial score (nSPS) is 11.2. The van der Waals surface area contributed by atoms with Gasteiger partial charge in [-0.2, -0.15) is 0 Å². The third kappa shape index (κ3) is 3.06. The van der Waals surface area contributed by atoms with Gasteiger partial charge < -0.3 is 4.74 Å². The Labute approximate surface area is 104 Å². The molecule has 2 aromatic rings. The van der Waals surface area contributed by atoms with Gasteiger partial charge in [0.05, 0.1) is 4.90 Å². The fraction of sp³-hybridized carbons (Fsp3) is 0. The van der Waals surface area contributed by atoms with Crippen LogP contribution in [0, 0.1) is 5.82 Å². The molecular weight excluding hydrogens is 257 g/mol. The van der Waals surface area contributed by atoms with Gasteiger partial charge in [-0.15, -0.1) is 0 Å². The molecule has 0 saturated heterocycles. The van der Waals surface area contributed by atoms with E-state index in [1.54, 1.807) is 6.07 Å². The summed E-state index contributed by atoms with van der Waals surface area (Å²) in [5.41, 5.74) is 0. The van der Waals surface area contributed by atoms with Crippen LogP contribution < -0.4 is 9.88 Å². The summed E-state index contributed by atoms with van der Waals surface area (Å²) < 4.78 is 40.4. The topological polar surface area (TPSA) is 69.4 Å². The van der Waals surface area contributed by atoms with E-state index in [0.29, 0.717) is 11.5 Å². The quantitative estimate of drug-likeness (QED) is 0.927. The number of hydrogen-bond acceptors (Lipinski definition) is 3. The Morgan fingerprint density at radius 2 is 1.67 bits per heavy atom. The zero-order valence-electron chi connectivity index (χ0n) is 9.21. The molecule has 0 aliphatic carbocycles. The number of halogens is 1. The van der Waals surface area contributed by atoms with Crippen LogP contribution in [0.5, 0.6) is 11.5 Å². The smallest absolute Gasteiger partial charge is 0.238 e. The Bertz CT molecular complexity index is 653. The highest BCUT2D eigenvalue weighted by molar-refractivity contribution is 7.89. The minimum Gasteiger partial charge on any atom is -0.457 e. The fourth-order valence-electron chi connectivity index (χ4n) is 1.35. The van der Waals surface area contributed by atoms with Crippen molar-refractivity contribution in [1.82, 2.24) is 0 Å². The molecule has 94 valence electrons. The van der Waals surface area contributed by atoms with Gasteiger partial charge in [0.25, 0.3) is 0 Å². The molecule has 0 heterocycles. The number of sulfonamides is 1. The molecule has 0 amide bonds. The highest BCUT2D eigenvalue weighted by Gasteiger charge is 2.08. The van der Waals surface area contributed by atoms with Crippen LogP contribution >= 0.6 is 0 Å². The van der Waals surface area contributed by atoms with E-state index in [2.05, 4.69) is 0 Å². The molecule has 18 heavy (non-hydrogen) atoms. The van der Waals surface area contributed by atoms with Gasteiger partial charge in [0.1, 0.15) is 17.3 Å². The van der Waals surface area contributed by atoms with Crippen LogP contribution in [0.3, 0.4) is 0 Å². The predicted octanol–water partition coefficient (Wildman–Crippen LogP) is 2.27. The molecule has 2 N–H and O–H groups in total. The predicted molar refractivity (Wildman–Crippen MR) is 64.3 cm³/mol. The molecular formula is C12H10FNO3S. The molecule has 2 rings (SSSR count). The minimum atomic E-state index is -3.76. The first-order valence-electron chi connectivity index (χ1n) is 5.01. The van der Waals surface area contributed by atoms with E-state index >= 15 is 0 Å². The highest BCUT2D eigenvalue weighted by Crippen LogP contribution is 2.23. The summed E-state index contributed by atoms with van der Waals surface area (Å²) in [7, 11) is -3.76. The largest absolute Gasteiger partial charge is 0.457 e. The molecule has 0 aliphatic heterocycles. The standard InChI is InChI=1S/C12H10FNO3S/c13-9-4-6-10(7-5-9)17-11-2-1-3-12(8-11)18(14,15)16/h1-8H,(H2,14,15,16). The van der Waals surface area contributed by atoms with Crippen LogP contribution in [0.2, 0.25) is 0 Å². The average molecular weight is 267 g/mol. The van der Waals surface area contributed by atoms with E-state index in [-0.39, 0.29) is 10.7 Å². The molecule has 0 radical (unpaired) electrons. The Hall–Kier alpha value is -1.92. The first-order valence-corrected chi connectivity index (χ1v) is 6.56. The monoisotopic (exact) mass is 267 g/mol. The Balaban J connectivity index is 2.27. The molecule has 0 saturated carbocycles. The Morgan fingerprint density at radius 1 is 1.00 bits per heavy atom. The maximum absolute atomic E-state index is 12.7. The van der Waals surface area contributed by atoms with Crippen LogP contribution in [0.4, 0.5) is 4.39 Å². The summed E-state index contributed by atoms with van der Waals surface area (Å²) in [5, 5.41) is 5.01. The molecule has 0 spiro atoms. The number of primary sulfonamides is 1. The van der Waals surface area contributed by atoms with E-state index in [1.807, 2.05) is 0 Å². The highest BCUT2D eigenvalue weighted by atomic mass is 32.2. The lowest BCUT2D eigenvalue weighted by atomic mass is 10.3. The summed E-state index contributed by atoms with van der Waals surface area (Å²) >= 11 is 0. The van der Waals surface area contributed by atoms with Crippen LogP contribution in [-0.4, -0.2) is 8.42 Å². The van der Waals surface area contributed by atoms with Crippen molar-refractivity contribution in [2.75, 3.05) is 0 Å². The zero-order chi connectivity index (χ0) is 13.2. The lowest BCUT2D eigenvalue weighted by Crippen LogP contribution is -2.11. The SMILES string of the molecule is NS(=O)(=O)c1cccc(Oc2ccc(F)cc2)c1. The second kappa shape index (κ2) is 4.75. The molecule has 6 heteroatoms. The van der Waals surface area contributed by atoms with E-state index in [4.69, 9.17) is 9.88 Å². The van der Waals surface area contributed by atoms with Crippen LogP contribution in [-0.2, 0) is 10.0 Å². The molecule has 2 aromatic carbocycles. The van der Waals surface area contributed by atoms with Crippen LogP contribution in [0.1, 0.15) is 0 Å². The van der Waals surface area contributed by atoms with Crippen molar-refractivity contribution in [3.63, 3.8) is 0 Å². The first kappa shape index (κ1) is 12.5. The van der Waals surface area contributed by atoms with Crippen LogP contribution in [0.15, 0.2) is 53.4 Å². The van der Waals surface area contributed by atoms with Gasteiger partial charge >= 0.3 is 0 Å². The zero-order valence-corrected chi connectivity index (χ0v) is 10.0. The van der Waals surface area contributed by atoms with Crippen LogP contribution in [0.25, 0.3) is 0 Å². The van der Waals surface area contributed by atoms with E-state index < -0.39 is 10.0 Å². The lowest BCUT2D eigenvalue weighted by Gasteiger charge is -2.06. The van der Waals surface area contributed by atoms with Crippen molar-refractivity contribution in [1.29, 1.82) is 0 Å². The third-order valence-electron chi connectivity index (χ3n) is 2.18. The summed E-state index contributed by atoms with van der Waals surface area (Å²) in [6.07, 6.45) is 0. The lowest BCUT2D eigenvalue weighted by molar-refractivity contribution is 0.478. The first-order chi connectivity index (χ1) is 8.45. The molecule has 0 aromatic heterocycles. The molecule has 4 nitrogen and oxygen atoms in total. The second-order valence-electron chi connectivity index (χ2n) is 3.58. The van der Waals surface area contributed by atoms with Gasteiger partial charge in [-0.25, -0.2) is 17.9 Å². The van der Waals surface area contributed by atoms with Crippen molar-refractivity contribution in [3.05, 3.63) is 54.3 Å². The minimum absolute atomic E-state index is 0.0397. The maximum Gasteiger partial charge on any atom is 0.238 e. The van der Waals surface area contributed by atoms with Gasteiger partial charge in [0, 0.05) is 6.07 Å². The van der Waals surface area contributed by atoms with Gasteiger partial charge in [0.15, 0.2) is 0 Å². The third-order valence-corrected chi connectivity index (χ3v) is 3.09. The Kier molecular flexibility index (Phi) is 3.31. The molecule has 0 unspecified atom stereocenters. The number of benzene rings is 2. The molecule has 0 fully saturated rings. The molecule has 0 bridgehead atoms. The maximum atomic E-state index is 12.7. The van der Waals surface area contributed by atoms with Gasteiger partial charge in [-0.1, -0.05) is 6.07 Å². The summed E-state index contributed by atoms with van der Waals surface area (Å²) in [6, 6.07) is 11.2. The number of hydrogen-bond donors (Lipinski definition) is 1. The van der Waals surface area contributed by atoms with Crippen molar-refractivity contribution < 1.29 is 17.5 Å². The molecule has 0 atom stereocenters. The summed E-state index contributed by atoms with van der Waals surface area (Å²) in [5.74, 6) is 0.344. The van der Waals surface area contributed by atoms with E-state index in [9.17, 15) is 12.8 Å². The van der Waals surface area contributed by atoms with Crippen molar-refractivity contribution in [2.45, 2.75) is 4.90 Å².